The molecule has 5 nitrogen and oxygen atoms in total. The number of hydrogen-bond acceptors (Lipinski definition) is 4. The molecule has 104 valence electrons. The van der Waals surface area contributed by atoms with Crippen molar-refractivity contribution >= 4 is 11.7 Å². The van der Waals surface area contributed by atoms with Crippen molar-refractivity contribution in [2.75, 3.05) is 31.5 Å². The zero-order chi connectivity index (χ0) is 13.7. The zero-order valence-electron chi connectivity index (χ0n) is 11.3. The summed E-state index contributed by atoms with van der Waals surface area (Å²) in [7, 11) is 0. The van der Waals surface area contributed by atoms with Gasteiger partial charge in [-0.25, -0.2) is 9.78 Å². The van der Waals surface area contributed by atoms with Crippen molar-refractivity contribution in [2.45, 2.75) is 19.8 Å². The van der Waals surface area contributed by atoms with Gasteiger partial charge in [0.25, 0.3) is 0 Å². The van der Waals surface area contributed by atoms with Crippen LogP contribution in [0.2, 0.25) is 0 Å². The largest absolute Gasteiger partial charge is 0.477 e. The third-order valence-electron chi connectivity index (χ3n) is 3.73. The summed E-state index contributed by atoms with van der Waals surface area (Å²) in [5, 5.41) is 12.2. The standard InChI is InChI=1S/C14H21N3O2/c1-2-17-7-4-11(5-8-17)10-16-12-3-6-15-13(9-12)14(18)19/h3,6,9,11H,2,4-5,7-8,10H2,1H3,(H,15,16)(H,18,19). The van der Waals surface area contributed by atoms with E-state index < -0.39 is 5.97 Å². The lowest BCUT2D eigenvalue weighted by atomic mass is 9.97. The molecule has 0 spiro atoms. The van der Waals surface area contributed by atoms with Crippen LogP contribution in [0.15, 0.2) is 18.3 Å². The van der Waals surface area contributed by atoms with Crippen molar-refractivity contribution in [3.05, 3.63) is 24.0 Å². The summed E-state index contributed by atoms with van der Waals surface area (Å²) >= 11 is 0. The van der Waals surface area contributed by atoms with Gasteiger partial charge in [0, 0.05) is 18.4 Å². The maximum absolute atomic E-state index is 10.8. The van der Waals surface area contributed by atoms with Crippen molar-refractivity contribution in [1.82, 2.24) is 9.88 Å². The Bertz CT molecular complexity index is 428. The fraction of sp³-hybridized carbons (Fsp3) is 0.571. The Morgan fingerprint density at radius 1 is 1.53 bits per heavy atom. The first-order valence-electron chi connectivity index (χ1n) is 6.84. The van der Waals surface area contributed by atoms with E-state index in [1.54, 1.807) is 6.07 Å². The first-order valence-corrected chi connectivity index (χ1v) is 6.84. The molecule has 1 aliphatic heterocycles. The van der Waals surface area contributed by atoms with Gasteiger partial charge >= 0.3 is 5.97 Å². The van der Waals surface area contributed by atoms with Crippen LogP contribution in [0.4, 0.5) is 5.69 Å². The van der Waals surface area contributed by atoms with Gasteiger partial charge in [0.2, 0.25) is 0 Å². The number of hydrogen-bond donors (Lipinski definition) is 2. The number of piperidine rings is 1. The molecule has 2 N–H and O–H groups in total. The number of nitrogens with one attached hydrogen (secondary N) is 1. The average molecular weight is 263 g/mol. The monoisotopic (exact) mass is 263 g/mol. The molecule has 1 aromatic heterocycles. The van der Waals surface area contributed by atoms with Crippen LogP contribution in [0.3, 0.4) is 0 Å². The minimum atomic E-state index is -0.986. The van der Waals surface area contributed by atoms with Crippen LogP contribution in [-0.2, 0) is 0 Å². The van der Waals surface area contributed by atoms with Crippen molar-refractivity contribution in [3.63, 3.8) is 0 Å². The summed E-state index contributed by atoms with van der Waals surface area (Å²) in [4.78, 5) is 17.1. The molecule has 0 unspecified atom stereocenters. The molecule has 0 radical (unpaired) electrons. The van der Waals surface area contributed by atoms with E-state index in [0.717, 1.165) is 18.8 Å². The topological polar surface area (TPSA) is 65.5 Å². The Morgan fingerprint density at radius 3 is 2.89 bits per heavy atom. The third kappa shape index (κ3) is 3.92. The van der Waals surface area contributed by atoms with Crippen LogP contribution in [-0.4, -0.2) is 47.1 Å². The van der Waals surface area contributed by atoms with Gasteiger partial charge in [0.05, 0.1) is 0 Å². The Balaban J connectivity index is 1.82. The van der Waals surface area contributed by atoms with Crippen LogP contribution in [0.5, 0.6) is 0 Å². The molecular weight excluding hydrogens is 242 g/mol. The molecule has 0 aromatic carbocycles. The summed E-state index contributed by atoms with van der Waals surface area (Å²) in [6, 6.07) is 3.40. The van der Waals surface area contributed by atoms with E-state index >= 15 is 0 Å². The molecule has 19 heavy (non-hydrogen) atoms. The number of carboxylic acids is 1. The van der Waals surface area contributed by atoms with E-state index in [-0.39, 0.29) is 5.69 Å². The molecule has 1 saturated heterocycles. The van der Waals surface area contributed by atoms with Crippen LogP contribution >= 0.6 is 0 Å². The SMILES string of the molecule is CCN1CCC(CNc2ccnc(C(=O)O)c2)CC1. The summed E-state index contributed by atoms with van der Waals surface area (Å²) in [5.41, 5.74) is 0.927. The van der Waals surface area contributed by atoms with E-state index in [2.05, 4.69) is 22.1 Å². The highest BCUT2D eigenvalue weighted by atomic mass is 16.4. The second-order valence-electron chi connectivity index (χ2n) is 4.99. The Labute approximate surface area is 113 Å². The second-order valence-corrected chi connectivity index (χ2v) is 4.99. The molecule has 1 aromatic rings. The van der Waals surface area contributed by atoms with Crippen LogP contribution < -0.4 is 5.32 Å². The maximum Gasteiger partial charge on any atom is 0.354 e. The highest BCUT2D eigenvalue weighted by molar-refractivity contribution is 5.86. The third-order valence-corrected chi connectivity index (χ3v) is 3.73. The molecule has 0 amide bonds. The average Bonchev–Trinajstić information content (AvgIpc) is 2.46. The van der Waals surface area contributed by atoms with Crippen molar-refractivity contribution < 1.29 is 9.90 Å². The van der Waals surface area contributed by atoms with Gasteiger partial charge in [0.15, 0.2) is 0 Å². The second kappa shape index (κ2) is 6.52. The Kier molecular flexibility index (Phi) is 4.74. The summed E-state index contributed by atoms with van der Waals surface area (Å²) < 4.78 is 0. The highest BCUT2D eigenvalue weighted by Gasteiger charge is 2.17. The number of aromatic carboxylic acids is 1. The van der Waals surface area contributed by atoms with Gasteiger partial charge in [-0.05, 0) is 50.5 Å². The minimum Gasteiger partial charge on any atom is -0.477 e. The van der Waals surface area contributed by atoms with Crippen molar-refractivity contribution in [3.8, 4) is 0 Å². The normalized spacial score (nSPS) is 17.3. The predicted molar refractivity (Wildman–Crippen MR) is 74.5 cm³/mol. The molecule has 1 aliphatic rings. The van der Waals surface area contributed by atoms with Crippen LogP contribution in [0.25, 0.3) is 0 Å². The van der Waals surface area contributed by atoms with E-state index in [0.29, 0.717) is 5.92 Å². The number of likely N-dealkylation sites (tertiary alicyclic amines) is 1. The fourth-order valence-corrected chi connectivity index (χ4v) is 2.43. The summed E-state index contributed by atoms with van der Waals surface area (Å²) in [5.74, 6) is -0.316. The highest BCUT2D eigenvalue weighted by Crippen LogP contribution is 2.18. The molecule has 1 fully saturated rings. The van der Waals surface area contributed by atoms with Gasteiger partial charge < -0.3 is 15.3 Å². The lowest BCUT2D eigenvalue weighted by molar-refractivity contribution is 0.0690. The molecule has 0 saturated carbocycles. The fourth-order valence-electron chi connectivity index (χ4n) is 2.43. The number of carboxylic acid groups (broad SMARTS) is 1. The number of aromatic nitrogens is 1. The first kappa shape index (κ1) is 13.8. The molecule has 0 aliphatic carbocycles. The van der Waals surface area contributed by atoms with Gasteiger partial charge in [0.1, 0.15) is 5.69 Å². The Hall–Kier alpha value is -1.62. The number of pyridine rings is 1. The predicted octanol–water partition coefficient (Wildman–Crippen LogP) is 1.92. The van der Waals surface area contributed by atoms with Gasteiger partial charge in [-0.3, -0.25) is 0 Å². The molecule has 0 bridgehead atoms. The molecule has 5 heteroatoms. The van der Waals surface area contributed by atoms with Gasteiger partial charge in [-0.15, -0.1) is 0 Å². The summed E-state index contributed by atoms with van der Waals surface area (Å²) in [6.07, 6.45) is 3.95. The molecule has 2 rings (SSSR count). The van der Waals surface area contributed by atoms with Crippen molar-refractivity contribution in [1.29, 1.82) is 0 Å². The quantitative estimate of drug-likeness (QED) is 0.849. The number of nitrogens with zero attached hydrogens (tertiary/aromatic N) is 2. The first-order chi connectivity index (χ1) is 9.19. The minimum absolute atomic E-state index is 0.0887. The number of anilines is 1. The van der Waals surface area contributed by atoms with Gasteiger partial charge in [-0.2, -0.15) is 0 Å². The molecular formula is C14H21N3O2. The lowest BCUT2D eigenvalue weighted by Crippen LogP contribution is -2.35. The van der Waals surface area contributed by atoms with Gasteiger partial charge in [-0.1, -0.05) is 6.92 Å². The van der Waals surface area contributed by atoms with Crippen LogP contribution in [0, 0.1) is 5.92 Å². The van der Waals surface area contributed by atoms with E-state index in [9.17, 15) is 4.79 Å². The number of rotatable bonds is 5. The van der Waals surface area contributed by atoms with E-state index in [4.69, 9.17) is 5.11 Å². The van der Waals surface area contributed by atoms with Crippen molar-refractivity contribution in [2.24, 2.45) is 5.92 Å². The molecule has 0 atom stereocenters. The smallest absolute Gasteiger partial charge is 0.354 e. The number of carbonyl (C=O) groups is 1. The molecule has 2 heterocycles. The Morgan fingerprint density at radius 2 is 2.26 bits per heavy atom. The zero-order valence-corrected chi connectivity index (χ0v) is 11.3. The maximum atomic E-state index is 10.8. The van der Waals surface area contributed by atoms with Crippen LogP contribution in [0.1, 0.15) is 30.3 Å². The van der Waals surface area contributed by atoms with E-state index in [1.807, 2.05) is 6.07 Å². The summed E-state index contributed by atoms with van der Waals surface area (Å²) in [6.45, 7) is 6.56. The van der Waals surface area contributed by atoms with E-state index in [1.165, 1.54) is 32.1 Å². The lowest BCUT2D eigenvalue weighted by Gasteiger charge is -2.31.